The molecular formula is C12H19N5O2S. The van der Waals surface area contributed by atoms with Crippen molar-refractivity contribution in [1.29, 1.82) is 0 Å². The van der Waals surface area contributed by atoms with E-state index in [2.05, 4.69) is 20.8 Å². The number of carbonyl (C=O) groups is 2. The van der Waals surface area contributed by atoms with Gasteiger partial charge in [0, 0.05) is 26.1 Å². The van der Waals surface area contributed by atoms with Crippen molar-refractivity contribution in [3.8, 4) is 0 Å². The van der Waals surface area contributed by atoms with E-state index in [0.717, 1.165) is 30.8 Å². The Hall–Kier alpha value is -1.70. The molecule has 0 aromatic carbocycles. The van der Waals surface area contributed by atoms with Crippen LogP contribution in [0.3, 0.4) is 0 Å². The van der Waals surface area contributed by atoms with Gasteiger partial charge in [-0.2, -0.15) is 0 Å². The van der Waals surface area contributed by atoms with Gasteiger partial charge >= 0.3 is 6.03 Å². The van der Waals surface area contributed by atoms with Gasteiger partial charge in [0.1, 0.15) is 5.01 Å². The number of hydrogen-bond acceptors (Lipinski definition) is 5. The van der Waals surface area contributed by atoms with E-state index in [1.54, 1.807) is 0 Å². The van der Waals surface area contributed by atoms with E-state index in [-0.39, 0.29) is 11.9 Å². The van der Waals surface area contributed by atoms with Crippen LogP contribution in [0.2, 0.25) is 0 Å². The van der Waals surface area contributed by atoms with Crippen molar-refractivity contribution in [1.82, 2.24) is 20.4 Å². The van der Waals surface area contributed by atoms with E-state index in [4.69, 9.17) is 0 Å². The number of carbonyl (C=O) groups excluding carboxylic acids is 2. The molecule has 1 saturated heterocycles. The third-order valence-corrected chi connectivity index (χ3v) is 3.84. The average Bonchev–Trinajstić information content (AvgIpc) is 2.69. The molecule has 1 fully saturated rings. The van der Waals surface area contributed by atoms with Crippen LogP contribution in [0.5, 0.6) is 0 Å². The van der Waals surface area contributed by atoms with Gasteiger partial charge in [-0.25, -0.2) is 4.79 Å². The molecule has 2 heterocycles. The Labute approximate surface area is 121 Å². The molecule has 1 aliphatic rings. The quantitative estimate of drug-likeness (QED) is 0.878. The van der Waals surface area contributed by atoms with E-state index in [1.165, 1.54) is 11.3 Å². The molecule has 3 amide bonds. The summed E-state index contributed by atoms with van der Waals surface area (Å²) in [4.78, 5) is 25.2. The van der Waals surface area contributed by atoms with Crippen molar-refractivity contribution in [3.63, 3.8) is 0 Å². The van der Waals surface area contributed by atoms with Crippen LogP contribution < -0.4 is 10.6 Å². The molecule has 0 radical (unpaired) electrons. The summed E-state index contributed by atoms with van der Waals surface area (Å²) in [5.41, 5.74) is 0. The molecule has 2 rings (SSSR count). The van der Waals surface area contributed by atoms with Gasteiger partial charge in [0.2, 0.25) is 11.0 Å². The van der Waals surface area contributed by atoms with Crippen LogP contribution in [0.4, 0.5) is 9.93 Å². The predicted octanol–water partition coefficient (Wildman–Crippen LogP) is 1.37. The average molecular weight is 297 g/mol. The number of aromatic nitrogens is 2. The lowest BCUT2D eigenvalue weighted by atomic mass is 10.2. The van der Waals surface area contributed by atoms with Crippen LogP contribution in [0.1, 0.15) is 30.7 Å². The fourth-order valence-corrected chi connectivity index (χ4v) is 2.65. The van der Waals surface area contributed by atoms with E-state index in [0.29, 0.717) is 24.6 Å². The maximum Gasteiger partial charge on any atom is 0.321 e. The van der Waals surface area contributed by atoms with E-state index in [1.807, 2.05) is 11.8 Å². The summed E-state index contributed by atoms with van der Waals surface area (Å²) in [6.45, 7) is 3.61. The minimum Gasteiger partial charge on any atom is -0.341 e. The topological polar surface area (TPSA) is 87.2 Å². The molecule has 0 atom stereocenters. The predicted molar refractivity (Wildman–Crippen MR) is 76.7 cm³/mol. The smallest absolute Gasteiger partial charge is 0.321 e. The number of likely N-dealkylation sites (tertiary alicyclic amines) is 1. The molecule has 1 aromatic rings. The van der Waals surface area contributed by atoms with Gasteiger partial charge in [0.25, 0.3) is 0 Å². The molecule has 1 aliphatic heterocycles. The molecule has 0 spiro atoms. The Morgan fingerprint density at radius 1 is 1.35 bits per heavy atom. The Morgan fingerprint density at radius 2 is 2.20 bits per heavy atom. The van der Waals surface area contributed by atoms with Gasteiger partial charge in [-0.15, -0.1) is 10.2 Å². The van der Waals surface area contributed by atoms with E-state index < -0.39 is 0 Å². The molecule has 7 nitrogen and oxygen atoms in total. The van der Waals surface area contributed by atoms with Crippen LogP contribution in [-0.2, 0) is 4.79 Å². The fraction of sp³-hybridized carbons (Fsp3) is 0.667. The summed E-state index contributed by atoms with van der Waals surface area (Å²) in [7, 11) is 0. The zero-order valence-electron chi connectivity index (χ0n) is 11.5. The van der Waals surface area contributed by atoms with Crippen molar-refractivity contribution in [2.24, 2.45) is 0 Å². The van der Waals surface area contributed by atoms with Gasteiger partial charge in [-0.05, 0) is 19.8 Å². The van der Waals surface area contributed by atoms with Crippen molar-refractivity contribution in [2.45, 2.75) is 32.6 Å². The molecule has 110 valence electrons. The van der Waals surface area contributed by atoms with Gasteiger partial charge in [-0.3, -0.25) is 10.1 Å². The first-order valence-corrected chi connectivity index (χ1v) is 7.59. The molecule has 2 N–H and O–H groups in total. The maximum atomic E-state index is 11.8. The van der Waals surface area contributed by atoms with Crippen LogP contribution in [0.25, 0.3) is 0 Å². The monoisotopic (exact) mass is 297 g/mol. The number of nitrogens with zero attached hydrogens (tertiary/aromatic N) is 3. The normalized spacial score (nSPS) is 15.8. The first-order valence-electron chi connectivity index (χ1n) is 6.78. The second-order valence-corrected chi connectivity index (χ2v) is 5.88. The maximum absolute atomic E-state index is 11.8. The third-order valence-electron chi connectivity index (χ3n) is 3.09. The highest BCUT2D eigenvalue weighted by Gasteiger charge is 2.16. The fourth-order valence-electron chi connectivity index (χ4n) is 2.07. The summed E-state index contributed by atoms with van der Waals surface area (Å²) in [5, 5.41) is 14.2. The molecule has 0 unspecified atom stereocenters. The molecule has 0 aliphatic carbocycles. The molecule has 20 heavy (non-hydrogen) atoms. The number of aryl methyl sites for hydroxylation is 1. The van der Waals surface area contributed by atoms with Crippen molar-refractivity contribution < 1.29 is 9.59 Å². The number of anilines is 1. The molecule has 8 heteroatoms. The van der Waals surface area contributed by atoms with Gasteiger partial charge < -0.3 is 10.2 Å². The van der Waals surface area contributed by atoms with Gasteiger partial charge in [0.15, 0.2) is 0 Å². The number of urea groups is 1. The van der Waals surface area contributed by atoms with E-state index in [9.17, 15) is 9.59 Å². The van der Waals surface area contributed by atoms with Crippen LogP contribution >= 0.6 is 11.3 Å². The van der Waals surface area contributed by atoms with Crippen LogP contribution in [-0.4, -0.2) is 46.7 Å². The van der Waals surface area contributed by atoms with Crippen molar-refractivity contribution in [2.75, 3.05) is 25.0 Å². The molecule has 0 saturated carbocycles. The summed E-state index contributed by atoms with van der Waals surface area (Å²) < 4.78 is 0. The lowest BCUT2D eigenvalue weighted by molar-refractivity contribution is -0.130. The first-order chi connectivity index (χ1) is 9.65. The standard InChI is InChI=1S/C12H19N5O2S/c1-9-15-16-12(20-9)14-11(19)13-6-8-17-7-4-2-3-5-10(17)18/h2-8H2,1H3,(H2,13,14,16,19). The lowest BCUT2D eigenvalue weighted by Gasteiger charge is -2.20. The largest absolute Gasteiger partial charge is 0.341 e. The highest BCUT2D eigenvalue weighted by atomic mass is 32.1. The Morgan fingerprint density at radius 3 is 2.95 bits per heavy atom. The Balaban J connectivity index is 1.69. The highest BCUT2D eigenvalue weighted by Crippen LogP contribution is 2.13. The van der Waals surface area contributed by atoms with E-state index >= 15 is 0 Å². The SMILES string of the molecule is Cc1nnc(NC(=O)NCCN2CCCCCC2=O)s1. The second-order valence-electron chi connectivity index (χ2n) is 4.70. The molecular weight excluding hydrogens is 278 g/mol. The molecule has 1 aromatic heterocycles. The third kappa shape index (κ3) is 4.44. The number of nitrogens with one attached hydrogen (secondary N) is 2. The zero-order valence-corrected chi connectivity index (χ0v) is 12.3. The van der Waals surface area contributed by atoms with Crippen LogP contribution in [0.15, 0.2) is 0 Å². The van der Waals surface area contributed by atoms with Gasteiger partial charge in [0.05, 0.1) is 0 Å². The first kappa shape index (κ1) is 14.7. The number of amides is 3. The summed E-state index contributed by atoms with van der Waals surface area (Å²) in [5.74, 6) is 0.185. The summed E-state index contributed by atoms with van der Waals surface area (Å²) >= 11 is 1.32. The minimum atomic E-state index is -0.316. The van der Waals surface area contributed by atoms with Crippen molar-refractivity contribution >= 4 is 28.4 Å². The zero-order chi connectivity index (χ0) is 14.4. The second kappa shape index (κ2) is 7.18. The number of rotatable bonds is 4. The summed E-state index contributed by atoms with van der Waals surface area (Å²) in [6.07, 6.45) is 3.74. The Kier molecular flexibility index (Phi) is 5.28. The van der Waals surface area contributed by atoms with Crippen molar-refractivity contribution in [3.05, 3.63) is 5.01 Å². The van der Waals surface area contributed by atoms with Crippen LogP contribution in [0, 0.1) is 6.92 Å². The van der Waals surface area contributed by atoms with Gasteiger partial charge in [-0.1, -0.05) is 17.8 Å². The minimum absolute atomic E-state index is 0.185. The summed E-state index contributed by atoms with van der Waals surface area (Å²) in [6, 6.07) is -0.316. The highest BCUT2D eigenvalue weighted by molar-refractivity contribution is 7.15. The molecule has 0 bridgehead atoms. The Bertz CT molecular complexity index is 476. The number of hydrogen-bond donors (Lipinski definition) is 2. The lowest BCUT2D eigenvalue weighted by Crippen LogP contribution is -2.39.